The Morgan fingerprint density at radius 2 is 2.05 bits per heavy atom. The maximum absolute atomic E-state index is 12.0. The summed E-state index contributed by atoms with van der Waals surface area (Å²) in [7, 11) is 3.37. The standard InChI is InChI=1S/C15H21N3O3/c1-18(2)14(19)10-21-13-5-3-12(4-6-13)17-15(20)11-7-8-16-9-11/h3-6,11,16H,7-10H2,1-2H3,(H,17,20). The van der Waals surface area contributed by atoms with Gasteiger partial charge >= 0.3 is 0 Å². The van der Waals surface area contributed by atoms with Crippen LogP contribution in [0.15, 0.2) is 24.3 Å². The van der Waals surface area contributed by atoms with Crippen molar-refractivity contribution in [2.75, 3.05) is 39.1 Å². The highest BCUT2D eigenvalue weighted by atomic mass is 16.5. The molecule has 1 aromatic rings. The van der Waals surface area contributed by atoms with Gasteiger partial charge in [-0.15, -0.1) is 0 Å². The third-order valence-electron chi connectivity index (χ3n) is 3.41. The molecule has 1 heterocycles. The zero-order chi connectivity index (χ0) is 15.2. The van der Waals surface area contributed by atoms with Gasteiger partial charge in [0.05, 0.1) is 5.92 Å². The molecule has 0 bridgehead atoms. The lowest BCUT2D eigenvalue weighted by Gasteiger charge is -2.12. The van der Waals surface area contributed by atoms with E-state index >= 15 is 0 Å². The third-order valence-corrected chi connectivity index (χ3v) is 3.41. The predicted octanol–water partition coefficient (Wildman–Crippen LogP) is 0.702. The molecule has 1 aliphatic heterocycles. The van der Waals surface area contributed by atoms with Crippen LogP contribution in [0.1, 0.15) is 6.42 Å². The first-order valence-corrected chi connectivity index (χ1v) is 7.01. The number of hydrogen-bond acceptors (Lipinski definition) is 4. The Labute approximate surface area is 124 Å². The first kappa shape index (κ1) is 15.3. The molecular weight excluding hydrogens is 270 g/mol. The van der Waals surface area contributed by atoms with E-state index in [9.17, 15) is 9.59 Å². The van der Waals surface area contributed by atoms with Crippen molar-refractivity contribution in [1.29, 1.82) is 0 Å². The molecule has 0 radical (unpaired) electrons. The molecular formula is C15H21N3O3. The molecule has 1 aromatic carbocycles. The second-order valence-corrected chi connectivity index (χ2v) is 5.28. The summed E-state index contributed by atoms with van der Waals surface area (Å²) in [6, 6.07) is 7.03. The van der Waals surface area contributed by atoms with Gasteiger partial charge in [0.25, 0.3) is 5.91 Å². The average Bonchev–Trinajstić information content (AvgIpc) is 3.00. The Morgan fingerprint density at radius 3 is 2.62 bits per heavy atom. The van der Waals surface area contributed by atoms with Crippen molar-refractivity contribution in [3.8, 4) is 5.75 Å². The second-order valence-electron chi connectivity index (χ2n) is 5.28. The molecule has 0 saturated carbocycles. The number of anilines is 1. The predicted molar refractivity (Wildman–Crippen MR) is 80.2 cm³/mol. The van der Waals surface area contributed by atoms with Crippen molar-refractivity contribution in [3.63, 3.8) is 0 Å². The first-order chi connectivity index (χ1) is 10.1. The maximum Gasteiger partial charge on any atom is 0.259 e. The number of hydrogen-bond donors (Lipinski definition) is 2. The number of amides is 2. The van der Waals surface area contributed by atoms with Gasteiger partial charge in [-0.25, -0.2) is 0 Å². The van der Waals surface area contributed by atoms with E-state index in [1.165, 1.54) is 4.90 Å². The fourth-order valence-corrected chi connectivity index (χ4v) is 2.03. The van der Waals surface area contributed by atoms with E-state index in [0.717, 1.165) is 25.2 Å². The number of nitrogens with one attached hydrogen (secondary N) is 2. The number of likely N-dealkylation sites (N-methyl/N-ethyl adjacent to an activating group) is 1. The van der Waals surface area contributed by atoms with Crippen LogP contribution in [0, 0.1) is 5.92 Å². The molecule has 1 fully saturated rings. The highest BCUT2D eigenvalue weighted by Crippen LogP contribution is 2.17. The largest absolute Gasteiger partial charge is 0.484 e. The summed E-state index contributed by atoms with van der Waals surface area (Å²) < 4.78 is 5.37. The smallest absolute Gasteiger partial charge is 0.259 e. The fourth-order valence-electron chi connectivity index (χ4n) is 2.03. The van der Waals surface area contributed by atoms with E-state index in [4.69, 9.17) is 4.74 Å². The summed E-state index contributed by atoms with van der Waals surface area (Å²) in [5.74, 6) is 0.585. The van der Waals surface area contributed by atoms with E-state index in [2.05, 4.69) is 10.6 Å². The van der Waals surface area contributed by atoms with Crippen LogP contribution in [0.25, 0.3) is 0 Å². The molecule has 1 saturated heterocycles. The van der Waals surface area contributed by atoms with Crippen LogP contribution >= 0.6 is 0 Å². The number of ether oxygens (including phenoxy) is 1. The Bertz CT molecular complexity index is 493. The Morgan fingerprint density at radius 1 is 1.33 bits per heavy atom. The fraction of sp³-hybridized carbons (Fsp3) is 0.467. The zero-order valence-electron chi connectivity index (χ0n) is 12.4. The third kappa shape index (κ3) is 4.46. The van der Waals surface area contributed by atoms with Gasteiger partial charge in [0.2, 0.25) is 5.91 Å². The van der Waals surface area contributed by atoms with Crippen molar-refractivity contribution in [2.45, 2.75) is 6.42 Å². The maximum atomic E-state index is 12.0. The molecule has 2 rings (SSSR count). The normalized spacial score (nSPS) is 17.3. The number of rotatable bonds is 5. The van der Waals surface area contributed by atoms with Crippen LogP contribution in [0.2, 0.25) is 0 Å². The van der Waals surface area contributed by atoms with Gasteiger partial charge in [0.1, 0.15) is 5.75 Å². The van der Waals surface area contributed by atoms with E-state index < -0.39 is 0 Å². The van der Waals surface area contributed by atoms with Crippen LogP contribution < -0.4 is 15.4 Å². The van der Waals surface area contributed by atoms with Gasteiger partial charge < -0.3 is 20.3 Å². The SMILES string of the molecule is CN(C)C(=O)COc1ccc(NC(=O)C2CCNC2)cc1. The second kappa shape index (κ2) is 7.08. The molecule has 6 heteroatoms. The number of benzene rings is 1. The molecule has 1 atom stereocenters. The molecule has 0 spiro atoms. The lowest BCUT2D eigenvalue weighted by molar-refractivity contribution is -0.130. The van der Waals surface area contributed by atoms with E-state index in [-0.39, 0.29) is 24.3 Å². The van der Waals surface area contributed by atoms with Gasteiger partial charge in [-0.1, -0.05) is 0 Å². The summed E-state index contributed by atoms with van der Waals surface area (Å²) in [5.41, 5.74) is 0.734. The van der Waals surface area contributed by atoms with E-state index in [1.807, 2.05) is 0 Å². The number of carbonyl (C=O) groups is 2. The minimum Gasteiger partial charge on any atom is -0.484 e. The van der Waals surface area contributed by atoms with Crippen LogP contribution in [-0.2, 0) is 9.59 Å². The molecule has 1 aliphatic rings. The molecule has 1 unspecified atom stereocenters. The summed E-state index contributed by atoms with van der Waals surface area (Å²) in [6.07, 6.45) is 0.875. The van der Waals surface area contributed by atoms with Crippen LogP contribution in [0.4, 0.5) is 5.69 Å². The lowest BCUT2D eigenvalue weighted by atomic mass is 10.1. The van der Waals surface area contributed by atoms with Crippen molar-refractivity contribution in [2.24, 2.45) is 5.92 Å². The van der Waals surface area contributed by atoms with Crippen LogP contribution in [-0.4, -0.2) is 50.5 Å². The van der Waals surface area contributed by atoms with Crippen molar-refractivity contribution in [3.05, 3.63) is 24.3 Å². The van der Waals surface area contributed by atoms with Gasteiger partial charge in [-0.3, -0.25) is 9.59 Å². The highest BCUT2D eigenvalue weighted by molar-refractivity contribution is 5.92. The highest BCUT2D eigenvalue weighted by Gasteiger charge is 2.22. The van der Waals surface area contributed by atoms with Gasteiger partial charge in [-0.05, 0) is 37.2 Å². The molecule has 2 N–H and O–H groups in total. The van der Waals surface area contributed by atoms with Crippen LogP contribution in [0.5, 0.6) is 5.75 Å². The van der Waals surface area contributed by atoms with E-state index in [0.29, 0.717) is 5.75 Å². The molecule has 0 aliphatic carbocycles. The van der Waals surface area contributed by atoms with E-state index in [1.54, 1.807) is 38.4 Å². The monoisotopic (exact) mass is 291 g/mol. The van der Waals surface area contributed by atoms with Gasteiger partial charge in [0, 0.05) is 26.3 Å². The van der Waals surface area contributed by atoms with Crippen molar-refractivity contribution in [1.82, 2.24) is 10.2 Å². The summed E-state index contributed by atoms with van der Waals surface area (Å²) in [4.78, 5) is 24.8. The average molecular weight is 291 g/mol. The molecule has 0 aromatic heterocycles. The Balaban J connectivity index is 1.84. The topological polar surface area (TPSA) is 70.7 Å². The Kier molecular flexibility index (Phi) is 5.16. The number of carbonyl (C=O) groups excluding carboxylic acids is 2. The minimum absolute atomic E-state index is 0.00640. The van der Waals surface area contributed by atoms with Gasteiger partial charge in [0.15, 0.2) is 6.61 Å². The molecule has 21 heavy (non-hydrogen) atoms. The number of nitrogens with zero attached hydrogens (tertiary/aromatic N) is 1. The minimum atomic E-state index is -0.0962. The van der Waals surface area contributed by atoms with Gasteiger partial charge in [-0.2, -0.15) is 0 Å². The van der Waals surface area contributed by atoms with Crippen molar-refractivity contribution >= 4 is 17.5 Å². The zero-order valence-corrected chi connectivity index (χ0v) is 12.4. The molecule has 2 amide bonds. The summed E-state index contributed by atoms with van der Waals surface area (Å²) >= 11 is 0. The molecule has 114 valence electrons. The molecule has 6 nitrogen and oxygen atoms in total. The van der Waals surface area contributed by atoms with Crippen LogP contribution in [0.3, 0.4) is 0 Å². The quantitative estimate of drug-likeness (QED) is 0.838. The summed E-state index contributed by atoms with van der Waals surface area (Å²) in [5, 5.41) is 6.05. The first-order valence-electron chi connectivity index (χ1n) is 7.01. The lowest BCUT2D eigenvalue weighted by Crippen LogP contribution is -2.27. The summed E-state index contributed by atoms with van der Waals surface area (Å²) in [6.45, 7) is 1.64. The Hall–Kier alpha value is -2.08. The van der Waals surface area contributed by atoms with Crippen molar-refractivity contribution < 1.29 is 14.3 Å².